The zero-order valence-electron chi connectivity index (χ0n) is 14.3. The molecule has 4 nitrogen and oxygen atoms in total. The minimum absolute atomic E-state index is 0.0437. The summed E-state index contributed by atoms with van der Waals surface area (Å²) in [4.78, 5) is 26.8. The number of amides is 2. The Labute approximate surface area is 139 Å². The topological polar surface area (TPSA) is 49.4 Å². The standard InChI is InChI=1S/C19H28N2O2/c1-19(2,18(23)21-14-7-4-8-15-21)17(22)20-13-9-12-16-10-5-3-6-11-16/h3,5-6,10-11H,4,7-9,12-15H2,1-2H3,(H,20,22). The predicted molar refractivity (Wildman–Crippen MR) is 92.0 cm³/mol. The van der Waals surface area contributed by atoms with Gasteiger partial charge in [-0.1, -0.05) is 30.3 Å². The van der Waals surface area contributed by atoms with Gasteiger partial charge in [0.15, 0.2) is 0 Å². The Balaban J connectivity index is 1.77. The molecule has 0 atom stereocenters. The molecule has 0 unspecified atom stereocenters. The number of benzene rings is 1. The van der Waals surface area contributed by atoms with E-state index in [1.54, 1.807) is 13.8 Å². The third-order valence-corrected chi connectivity index (χ3v) is 4.52. The van der Waals surface area contributed by atoms with Gasteiger partial charge in [0.25, 0.3) is 0 Å². The smallest absolute Gasteiger partial charge is 0.237 e. The molecule has 1 saturated heterocycles. The van der Waals surface area contributed by atoms with Crippen LogP contribution < -0.4 is 5.32 Å². The second-order valence-electron chi connectivity index (χ2n) is 6.82. The predicted octanol–water partition coefficient (Wildman–Crippen LogP) is 2.77. The number of rotatable bonds is 6. The SMILES string of the molecule is CC(C)(C(=O)NCCCc1ccccc1)C(=O)N1CCCCC1. The van der Waals surface area contributed by atoms with E-state index in [1.807, 2.05) is 23.1 Å². The van der Waals surface area contributed by atoms with Crippen LogP contribution in [0.3, 0.4) is 0 Å². The lowest BCUT2D eigenvalue weighted by molar-refractivity contribution is -0.149. The molecule has 0 saturated carbocycles. The number of aryl methyl sites for hydroxylation is 1. The first kappa shape index (κ1) is 17.5. The summed E-state index contributed by atoms with van der Waals surface area (Å²) < 4.78 is 0. The van der Waals surface area contributed by atoms with Crippen LogP contribution in [-0.2, 0) is 16.0 Å². The van der Waals surface area contributed by atoms with E-state index < -0.39 is 5.41 Å². The van der Waals surface area contributed by atoms with Gasteiger partial charge in [-0.3, -0.25) is 9.59 Å². The van der Waals surface area contributed by atoms with Crippen LogP contribution in [0.4, 0.5) is 0 Å². The van der Waals surface area contributed by atoms with E-state index in [0.29, 0.717) is 6.54 Å². The van der Waals surface area contributed by atoms with Gasteiger partial charge in [-0.15, -0.1) is 0 Å². The fraction of sp³-hybridized carbons (Fsp3) is 0.579. The minimum Gasteiger partial charge on any atom is -0.355 e. The molecule has 1 aromatic rings. The van der Waals surface area contributed by atoms with Crippen molar-refractivity contribution in [1.82, 2.24) is 10.2 Å². The van der Waals surface area contributed by atoms with Gasteiger partial charge in [-0.05, 0) is 51.5 Å². The maximum atomic E-state index is 12.6. The highest BCUT2D eigenvalue weighted by molar-refractivity contribution is 6.04. The fourth-order valence-corrected chi connectivity index (χ4v) is 2.95. The number of hydrogen-bond acceptors (Lipinski definition) is 2. The number of likely N-dealkylation sites (tertiary alicyclic amines) is 1. The molecule has 0 bridgehead atoms. The number of carbonyl (C=O) groups is 2. The van der Waals surface area contributed by atoms with Crippen molar-refractivity contribution >= 4 is 11.8 Å². The summed E-state index contributed by atoms with van der Waals surface area (Å²) in [6.45, 7) is 5.63. The molecule has 1 aliphatic heterocycles. The molecule has 0 aromatic heterocycles. The Morgan fingerprint density at radius 3 is 2.39 bits per heavy atom. The van der Waals surface area contributed by atoms with Gasteiger partial charge in [0.1, 0.15) is 5.41 Å². The molecular formula is C19H28N2O2. The Bertz CT molecular complexity index is 519. The van der Waals surface area contributed by atoms with Crippen molar-refractivity contribution in [2.24, 2.45) is 5.41 Å². The molecule has 0 spiro atoms. The van der Waals surface area contributed by atoms with Crippen LogP contribution in [0.25, 0.3) is 0 Å². The minimum atomic E-state index is -0.982. The second-order valence-corrected chi connectivity index (χ2v) is 6.82. The highest BCUT2D eigenvalue weighted by Crippen LogP contribution is 2.22. The first-order chi connectivity index (χ1) is 11.0. The van der Waals surface area contributed by atoms with E-state index in [9.17, 15) is 9.59 Å². The van der Waals surface area contributed by atoms with Crippen LogP contribution in [0.1, 0.15) is 45.1 Å². The van der Waals surface area contributed by atoms with E-state index in [1.165, 1.54) is 12.0 Å². The summed E-state index contributed by atoms with van der Waals surface area (Å²) in [5.74, 6) is -0.209. The molecule has 0 aliphatic carbocycles. The van der Waals surface area contributed by atoms with Gasteiger partial charge < -0.3 is 10.2 Å². The summed E-state index contributed by atoms with van der Waals surface area (Å²) in [7, 11) is 0. The van der Waals surface area contributed by atoms with E-state index in [0.717, 1.165) is 38.8 Å². The summed E-state index contributed by atoms with van der Waals surface area (Å²) in [5.41, 5.74) is 0.287. The highest BCUT2D eigenvalue weighted by Gasteiger charge is 2.39. The summed E-state index contributed by atoms with van der Waals surface area (Å²) in [5, 5.41) is 2.93. The monoisotopic (exact) mass is 316 g/mol. The Morgan fingerprint density at radius 2 is 1.74 bits per heavy atom. The molecule has 1 aromatic carbocycles. The quantitative estimate of drug-likeness (QED) is 0.648. The normalized spacial score (nSPS) is 15.3. The largest absolute Gasteiger partial charge is 0.355 e. The lowest BCUT2D eigenvalue weighted by Gasteiger charge is -2.33. The van der Waals surface area contributed by atoms with Crippen LogP contribution in [0.15, 0.2) is 30.3 Å². The molecule has 1 heterocycles. The van der Waals surface area contributed by atoms with Crippen molar-refractivity contribution in [2.45, 2.75) is 46.0 Å². The first-order valence-electron chi connectivity index (χ1n) is 8.63. The van der Waals surface area contributed by atoms with Crippen molar-refractivity contribution in [3.8, 4) is 0 Å². The van der Waals surface area contributed by atoms with Crippen molar-refractivity contribution in [2.75, 3.05) is 19.6 Å². The lowest BCUT2D eigenvalue weighted by atomic mass is 9.89. The molecule has 1 fully saturated rings. The van der Waals surface area contributed by atoms with E-state index in [4.69, 9.17) is 0 Å². The molecular weight excluding hydrogens is 288 g/mol. The summed E-state index contributed by atoms with van der Waals surface area (Å²) in [6.07, 6.45) is 5.07. The molecule has 4 heteroatoms. The van der Waals surface area contributed by atoms with Crippen molar-refractivity contribution in [3.63, 3.8) is 0 Å². The average Bonchev–Trinajstić information content (AvgIpc) is 2.59. The fourth-order valence-electron chi connectivity index (χ4n) is 2.95. The number of nitrogens with one attached hydrogen (secondary N) is 1. The molecule has 1 N–H and O–H groups in total. The van der Waals surface area contributed by atoms with E-state index in [2.05, 4.69) is 17.4 Å². The first-order valence-corrected chi connectivity index (χ1v) is 8.63. The maximum absolute atomic E-state index is 12.6. The highest BCUT2D eigenvalue weighted by atomic mass is 16.2. The third-order valence-electron chi connectivity index (χ3n) is 4.52. The molecule has 126 valence electrons. The lowest BCUT2D eigenvalue weighted by Crippen LogP contribution is -2.51. The van der Waals surface area contributed by atoms with Crippen molar-refractivity contribution < 1.29 is 9.59 Å². The van der Waals surface area contributed by atoms with Gasteiger partial charge >= 0.3 is 0 Å². The van der Waals surface area contributed by atoms with Crippen molar-refractivity contribution in [1.29, 1.82) is 0 Å². The van der Waals surface area contributed by atoms with Gasteiger partial charge in [-0.2, -0.15) is 0 Å². The number of carbonyl (C=O) groups excluding carboxylic acids is 2. The van der Waals surface area contributed by atoms with Gasteiger partial charge in [0.2, 0.25) is 11.8 Å². The average molecular weight is 316 g/mol. The van der Waals surface area contributed by atoms with Gasteiger partial charge in [-0.25, -0.2) is 0 Å². The molecule has 2 amide bonds. The van der Waals surface area contributed by atoms with Gasteiger partial charge in [0.05, 0.1) is 0 Å². The molecule has 2 rings (SSSR count). The van der Waals surface area contributed by atoms with Crippen LogP contribution >= 0.6 is 0 Å². The summed E-state index contributed by atoms with van der Waals surface area (Å²) in [6, 6.07) is 10.2. The van der Waals surface area contributed by atoms with Crippen molar-refractivity contribution in [3.05, 3.63) is 35.9 Å². The van der Waals surface area contributed by atoms with Crippen LogP contribution in [0.5, 0.6) is 0 Å². The summed E-state index contributed by atoms with van der Waals surface area (Å²) >= 11 is 0. The molecule has 23 heavy (non-hydrogen) atoms. The Kier molecular flexibility index (Phi) is 6.20. The Morgan fingerprint density at radius 1 is 1.09 bits per heavy atom. The number of piperidine rings is 1. The maximum Gasteiger partial charge on any atom is 0.237 e. The zero-order chi connectivity index (χ0) is 16.7. The van der Waals surface area contributed by atoms with Crippen LogP contribution in [-0.4, -0.2) is 36.3 Å². The number of nitrogens with zero attached hydrogens (tertiary/aromatic N) is 1. The molecule has 0 radical (unpaired) electrons. The second kappa shape index (κ2) is 8.14. The van der Waals surface area contributed by atoms with E-state index >= 15 is 0 Å². The van der Waals surface area contributed by atoms with Crippen LogP contribution in [0, 0.1) is 5.41 Å². The Hall–Kier alpha value is -1.84. The van der Waals surface area contributed by atoms with Gasteiger partial charge in [0, 0.05) is 19.6 Å². The molecule has 1 aliphatic rings. The van der Waals surface area contributed by atoms with Crippen LogP contribution in [0.2, 0.25) is 0 Å². The zero-order valence-corrected chi connectivity index (χ0v) is 14.3. The third kappa shape index (κ3) is 4.81. The van der Waals surface area contributed by atoms with E-state index in [-0.39, 0.29) is 11.8 Å². The number of hydrogen-bond donors (Lipinski definition) is 1.